The molecule has 0 aliphatic carbocycles. The van der Waals surface area contributed by atoms with E-state index in [9.17, 15) is 9.59 Å². The topological polar surface area (TPSA) is 86.8 Å². The summed E-state index contributed by atoms with van der Waals surface area (Å²) < 4.78 is 14.0. The van der Waals surface area contributed by atoms with E-state index in [1.54, 1.807) is 13.2 Å². The molecule has 1 saturated heterocycles. The van der Waals surface area contributed by atoms with Gasteiger partial charge >= 0.3 is 0 Å². The van der Waals surface area contributed by atoms with Crippen LogP contribution in [-0.4, -0.2) is 54.5 Å². The highest BCUT2D eigenvalue weighted by atomic mass is 16.5. The molecule has 7 heteroatoms. The molecule has 3 aromatic rings. The molecular weight excluding hydrogens is 442 g/mol. The van der Waals surface area contributed by atoms with E-state index in [-0.39, 0.29) is 5.78 Å². The standard InChI is InChI=1S/C28H33N3O4/c1-28(2)17-35-25-21(24(34-3)7-6-22(25)26(28)32)11-14-30-12-9-20(10-13-30)31-15-8-18-4-5-19(27(29)33)16-23(18)31/h4-8,15-16,20H,9-14,17H2,1-3H3,(H2,29,33). The normalized spacial score (nSPS) is 18.3. The molecule has 2 aliphatic heterocycles. The number of ketones is 1. The van der Waals surface area contributed by atoms with Crippen molar-refractivity contribution in [3.63, 3.8) is 0 Å². The fraction of sp³-hybridized carbons (Fsp3) is 0.429. The zero-order chi connectivity index (χ0) is 24.7. The van der Waals surface area contributed by atoms with Gasteiger partial charge in [-0.25, -0.2) is 0 Å². The molecule has 0 spiro atoms. The maximum Gasteiger partial charge on any atom is 0.248 e. The number of hydrogen-bond acceptors (Lipinski definition) is 5. The lowest BCUT2D eigenvalue weighted by Gasteiger charge is -2.34. The fourth-order valence-electron chi connectivity index (χ4n) is 5.38. The van der Waals surface area contributed by atoms with Gasteiger partial charge < -0.3 is 24.7 Å². The number of primary amides is 1. The van der Waals surface area contributed by atoms with Gasteiger partial charge in [0.1, 0.15) is 18.1 Å². The second-order valence-corrected chi connectivity index (χ2v) is 10.3. The maximum atomic E-state index is 12.9. The third-order valence-electron chi connectivity index (χ3n) is 7.51. The van der Waals surface area contributed by atoms with Gasteiger partial charge in [0.15, 0.2) is 5.78 Å². The third kappa shape index (κ3) is 4.29. The molecule has 0 unspecified atom stereocenters. The summed E-state index contributed by atoms with van der Waals surface area (Å²) in [5.74, 6) is 1.19. The summed E-state index contributed by atoms with van der Waals surface area (Å²) in [6.07, 6.45) is 4.93. The first-order valence-electron chi connectivity index (χ1n) is 12.3. The van der Waals surface area contributed by atoms with E-state index in [2.05, 4.69) is 21.7 Å². The predicted octanol–water partition coefficient (Wildman–Crippen LogP) is 4.23. The van der Waals surface area contributed by atoms with Gasteiger partial charge in [-0.3, -0.25) is 9.59 Å². The van der Waals surface area contributed by atoms with Crippen LogP contribution in [0.4, 0.5) is 0 Å². The Bertz CT molecular complexity index is 1280. The number of rotatable bonds is 6. The Kier molecular flexibility index (Phi) is 6.05. The van der Waals surface area contributed by atoms with E-state index in [1.807, 2.05) is 38.1 Å². The van der Waals surface area contributed by atoms with Crippen molar-refractivity contribution in [3.8, 4) is 11.5 Å². The van der Waals surface area contributed by atoms with Crippen LogP contribution in [0.25, 0.3) is 10.9 Å². The fourth-order valence-corrected chi connectivity index (χ4v) is 5.38. The molecule has 2 N–H and O–H groups in total. The molecule has 7 nitrogen and oxygen atoms in total. The smallest absolute Gasteiger partial charge is 0.248 e. The highest BCUT2D eigenvalue weighted by Crippen LogP contribution is 2.40. The number of carbonyl (C=O) groups is 2. The van der Waals surface area contributed by atoms with Crippen LogP contribution in [0.1, 0.15) is 59.0 Å². The Labute approximate surface area is 205 Å². The summed E-state index contributed by atoms with van der Waals surface area (Å²) in [7, 11) is 1.66. The summed E-state index contributed by atoms with van der Waals surface area (Å²) in [6.45, 7) is 7.06. The molecule has 0 radical (unpaired) electrons. The van der Waals surface area contributed by atoms with Gasteiger partial charge in [-0.2, -0.15) is 0 Å². The first kappa shape index (κ1) is 23.4. The molecule has 0 saturated carbocycles. The van der Waals surface area contributed by atoms with E-state index < -0.39 is 11.3 Å². The largest absolute Gasteiger partial charge is 0.496 e. The zero-order valence-electron chi connectivity index (χ0n) is 20.7. The number of piperidine rings is 1. The Morgan fingerprint density at radius 2 is 1.94 bits per heavy atom. The van der Waals surface area contributed by atoms with Crippen molar-refractivity contribution in [2.24, 2.45) is 11.1 Å². The average Bonchev–Trinajstić information content (AvgIpc) is 3.28. The lowest BCUT2D eigenvalue weighted by molar-refractivity contribution is 0.0688. The second-order valence-electron chi connectivity index (χ2n) is 10.3. The van der Waals surface area contributed by atoms with Gasteiger partial charge in [-0.15, -0.1) is 0 Å². The number of benzene rings is 2. The summed E-state index contributed by atoms with van der Waals surface area (Å²) in [5, 5.41) is 1.12. The van der Waals surface area contributed by atoms with Crippen molar-refractivity contribution in [2.75, 3.05) is 33.4 Å². The lowest BCUT2D eigenvalue weighted by Crippen LogP contribution is -2.37. The van der Waals surface area contributed by atoms with Crippen LogP contribution >= 0.6 is 0 Å². The Hall–Kier alpha value is -3.32. The first-order chi connectivity index (χ1) is 16.8. The van der Waals surface area contributed by atoms with Crippen molar-refractivity contribution in [2.45, 2.75) is 39.2 Å². The molecule has 1 aromatic heterocycles. The molecule has 0 atom stereocenters. The molecule has 0 bridgehead atoms. The average molecular weight is 476 g/mol. The SMILES string of the molecule is COc1ccc2c(c1CCN1CCC(n3ccc4ccc(C(N)=O)cc43)CC1)OCC(C)(C)C2=O. The van der Waals surface area contributed by atoms with E-state index in [0.29, 0.717) is 29.5 Å². The van der Waals surface area contributed by atoms with E-state index in [0.717, 1.165) is 61.1 Å². The van der Waals surface area contributed by atoms with E-state index in [1.165, 1.54) is 0 Å². The van der Waals surface area contributed by atoms with Crippen LogP contribution in [0.5, 0.6) is 11.5 Å². The van der Waals surface area contributed by atoms with Gasteiger partial charge in [0, 0.05) is 48.5 Å². The van der Waals surface area contributed by atoms with Crippen LogP contribution in [0.15, 0.2) is 42.6 Å². The van der Waals surface area contributed by atoms with Crippen molar-refractivity contribution < 1.29 is 19.1 Å². The van der Waals surface area contributed by atoms with Gasteiger partial charge in [-0.05, 0) is 68.8 Å². The minimum atomic E-state index is -0.512. The molecule has 5 rings (SSSR count). The summed E-state index contributed by atoms with van der Waals surface area (Å²) in [5.41, 5.74) is 8.22. The van der Waals surface area contributed by atoms with Crippen LogP contribution in [0.2, 0.25) is 0 Å². The molecule has 184 valence electrons. The van der Waals surface area contributed by atoms with Gasteiger partial charge in [0.2, 0.25) is 5.91 Å². The predicted molar refractivity (Wildman–Crippen MR) is 135 cm³/mol. The first-order valence-corrected chi connectivity index (χ1v) is 12.3. The van der Waals surface area contributed by atoms with Crippen LogP contribution < -0.4 is 15.2 Å². The minimum Gasteiger partial charge on any atom is -0.496 e. The zero-order valence-corrected chi connectivity index (χ0v) is 20.7. The number of amides is 1. The third-order valence-corrected chi connectivity index (χ3v) is 7.51. The summed E-state index contributed by atoms with van der Waals surface area (Å²) in [4.78, 5) is 27.0. The molecule has 35 heavy (non-hydrogen) atoms. The van der Waals surface area contributed by atoms with Crippen LogP contribution in [0.3, 0.4) is 0 Å². The van der Waals surface area contributed by atoms with Crippen LogP contribution in [0, 0.1) is 5.41 Å². The monoisotopic (exact) mass is 475 g/mol. The number of nitrogens with zero attached hydrogens (tertiary/aromatic N) is 2. The number of aromatic nitrogens is 1. The molecule has 2 aromatic carbocycles. The molecule has 1 fully saturated rings. The van der Waals surface area contributed by atoms with Gasteiger partial charge in [0.25, 0.3) is 0 Å². The number of methoxy groups -OCH3 is 1. The van der Waals surface area contributed by atoms with Crippen LogP contribution in [-0.2, 0) is 6.42 Å². The highest BCUT2D eigenvalue weighted by molar-refractivity contribution is 6.04. The quantitative estimate of drug-likeness (QED) is 0.577. The number of likely N-dealkylation sites (tertiary alicyclic amines) is 1. The van der Waals surface area contributed by atoms with E-state index >= 15 is 0 Å². The Morgan fingerprint density at radius 1 is 1.17 bits per heavy atom. The van der Waals surface area contributed by atoms with Gasteiger partial charge in [-0.1, -0.05) is 6.07 Å². The number of ether oxygens (including phenoxy) is 2. The van der Waals surface area contributed by atoms with Gasteiger partial charge in [0.05, 0.1) is 18.1 Å². The second kappa shape index (κ2) is 9.04. The lowest BCUT2D eigenvalue weighted by atomic mass is 9.82. The molecule has 1 amide bonds. The Morgan fingerprint density at radius 3 is 2.66 bits per heavy atom. The number of Topliss-reactive ketones (excluding diaryl/α,β-unsaturated/α-hetero) is 1. The van der Waals surface area contributed by atoms with Crippen molar-refractivity contribution in [3.05, 3.63) is 59.3 Å². The summed E-state index contributed by atoms with van der Waals surface area (Å²) >= 11 is 0. The number of fused-ring (bicyclic) bond motifs is 2. The van der Waals surface area contributed by atoms with Crippen molar-refractivity contribution >= 4 is 22.6 Å². The number of nitrogens with two attached hydrogens (primary N) is 1. The van der Waals surface area contributed by atoms with E-state index in [4.69, 9.17) is 15.2 Å². The molecule has 2 aliphatic rings. The number of carbonyl (C=O) groups excluding carboxylic acids is 2. The Balaban J connectivity index is 1.27. The maximum absolute atomic E-state index is 12.9. The highest BCUT2D eigenvalue weighted by Gasteiger charge is 2.37. The number of hydrogen-bond donors (Lipinski definition) is 1. The summed E-state index contributed by atoms with van der Waals surface area (Å²) in [6, 6.07) is 11.8. The van der Waals surface area contributed by atoms with Crippen molar-refractivity contribution in [1.82, 2.24) is 9.47 Å². The van der Waals surface area contributed by atoms with Crippen molar-refractivity contribution in [1.29, 1.82) is 0 Å². The minimum absolute atomic E-state index is 0.127. The molecular formula is C28H33N3O4. The molecule has 3 heterocycles.